The van der Waals surface area contributed by atoms with Crippen molar-refractivity contribution < 1.29 is 0 Å². The first-order valence-electron chi connectivity index (χ1n) is 4.60. The van der Waals surface area contributed by atoms with E-state index in [-0.39, 0.29) is 0 Å². The van der Waals surface area contributed by atoms with Gasteiger partial charge in [0.25, 0.3) is 0 Å². The topological polar surface area (TPSA) is 0 Å². The van der Waals surface area contributed by atoms with Crippen LogP contribution >= 0.6 is 0 Å². The quantitative estimate of drug-likeness (QED) is 0.510. The van der Waals surface area contributed by atoms with Crippen LogP contribution in [0.2, 0.25) is 0 Å². The molecule has 0 heterocycles. The van der Waals surface area contributed by atoms with E-state index in [9.17, 15) is 0 Å². The van der Waals surface area contributed by atoms with Crippen molar-refractivity contribution in [3.8, 4) is 0 Å². The van der Waals surface area contributed by atoms with Crippen LogP contribution in [0, 0.1) is 0 Å². The number of hydrogen-bond acceptors (Lipinski definition) is 0. The fraction of sp³-hybridized carbons (Fsp3) is 0.333. The minimum Gasteiger partial charge on any atom is -0.0992 e. The lowest BCUT2D eigenvalue weighted by molar-refractivity contribution is 1.19. The van der Waals surface area contributed by atoms with Crippen LogP contribution in [0.3, 0.4) is 0 Å². The normalized spacial score (nSPS) is 13.3. The Bertz CT molecular complexity index is 244. The minimum atomic E-state index is 1.09. The molecule has 0 amide bonds. The second kappa shape index (κ2) is 4.10. The maximum absolute atomic E-state index is 3.97. The highest BCUT2D eigenvalue weighted by atomic mass is 14.2. The van der Waals surface area contributed by atoms with Crippen LogP contribution in [0.15, 0.2) is 36.4 Å². The molecule has 0 unspecified atom stereocenters. The summed E-state index contributed by atoms with van der Waals surface area (Å²) in [7, 11) is 0. The molecule has 1 aliphatic carbocycles. The second-order valence-electron chi connectivity index (χ2n) is 2.87. The summed E-state index contributed by atoms with van der Waals surface area (Å²) in [6, 6.07) is 8.57. The Morgan fingerprint density at radius 1 is 1.00 bits per heavy atom. The molecule has 0 bridgehead atoms. The van der Waals surface area contributed by atoms with E-state index in [2.05, 4.69) is 30.8 Å². The summed E-state index contributed by atoms with van der Waals surface area (Å²) in [5.41, 5.74) is 4.28. The van der Waals surface area contributed by atoms with Crippen molar-refractivity contribution in [2.45, 2.75) is 26.7 Å². The lowest BCUT2D eigenvalue weighted by Crippen LogP contribution is -1.77. The zero-order chi connectivity index (χ0) is 8.97. The molecular weight excluding hydrogens is 144 g/mol. The predicted molar refractivity (Wildman–Crippen MR) is 54.3 cm³/mol. The second-order valence-corrected chi connectivity index (χ2v) is 2.87. The van der Waals surface area contributed by atoms with Crippen LogP contribution in [0.25, 0.3) is 0 Å². The van der Waals surface area contributed by atoms with Crippen LogP contribution in [-0.4, -0.2) is 0 Å². The van der Waals surface area contributed by atoms with E-state index in [0.29, 0.717) is 0 Å². The Labute approximate surface area is 74.9 Å². The van der Waals surface area contributed by atoms with Crippen LogP contribution < -0.4 is 0 Å². The highest BCUT2D eigenvalue weighted by molar-refractivity contribution is 5.39. The van der Waals surface area contributed by atoms with E-state index in [1.165, 1.54) is 16.7 Å². The Balaban J connectivity index is 0.000000336. The van der Waals surface area contributed by atoms with Crippen molar-refractivity contribution in [2.24, 2.45) is 0 Å². The molecule has 0 radical (unpaired) electrons. The lowest BCUT2D eigenvalue weighted by atomic mass is 10.1. The third kappa shape index (κ3) is 1.76. The molecule has 0 saturated heterocycles. The molecule has 0 N–H and O–H groups in total. The predicted octanol–water partition coefficient (Wildman–Crippen LogP) is 3.37. The molecular formula is C12H16. The fourth-order valence-corrected chi connectivity index (χ4v) is 1.50. The van der Waals surface area contributed by atoms with Gasteiger partial charge in [0.2, 0.25) is 0 Å². The molecule has 0 aliphatic heterocycles. The van der Waals surface area contributed by atoms with E-state index in [4.69, 9.17) is 0 Å². The third-order valence-corrected chi connectivity index (χ3v) is 2.00. The summed E-state index contributed by atoms with van der Waals surface area (Å²) in [5.74, 6) is 0. The van der Waals surface area contributed by atoms with Crippen molar-refractivity contribution in [2.75, 3.05) is 0 Å². The lowest BCUT2D eigenvalue weighted by Gasteiger charge is -1.92. The molecule has 2 rings (SSSR count). The molecule has 0 fully saturated rings. The van der Waals surface area contributed by atoms with Gasteiger partial charge in [0.1, 0.15) is 0 Å². The zero-order valence-electron chi connectivity index (χ0n) is 7.93. The molecule has 0 heteroatoms. The van der Waals surface area contributed by atoms with Gasteiger partial charge in [-0.15, -0.1) is 0 Å². The molecule has 0 saturated carbocycles. The van der Waals surface area contributed by atoms with E-state index < -0.39 is 0 Å². The summed E-state index contributed by atoms with van der Waals surface area (Å²) in [5, 5.41) is 0. The van der Waals surface area contributed by atoms with Gasteiger partial charge in [-0.3, -0.25) is 0 Å². The van der Waals surface area contributed by atoms with Gasteiger partial charge in [0.15, 0.2) is 0 Å². The molecule has 0 atom stereocenters. The van der Waals surface area contributed by atoms with Crippen LogP contribution in [0.1, 0.15) is 25.0 Å². The summed E-state index contributed by atoms with van der Waals surface area (Å²) >= 11 is 0. The van der Waals surface area contributed by atoms with Crippen LogP contribution in [0.5, 0.6) is 0 Å². The van der Waals surface area contributed by atoms with Crippen LogP contribution in [0.4, 0.5) is 0 Å². The SMILES string of the molecule is C=C1Cc2ccccc2C1.CC. The maximum Gasteiger partial charge on any atom is -0.00636 e. The van der Waals surface area contributed by atoms with Gasteiger partial charge in [-0.2, -0.15) is 0 Å². The number of benzene rings is 1. The number of hydrogen-bond donors (Lipinski definition) is 0. The molecule has 0 aromatic heterocycles. The van der Waals surface area contributed by atoms with Crippen molar-refractivity contribution in [1.29, 1.82) is 0 Å². The first-order valence-corrected chi connectivity index (χ1v) is 4.60. The average Bonchev–Trinajstić information content (AvgIpc) is 2.48. The van der Waals surface area contributed by atoms with Gasteiger partial charge in [0.05, 0.1) is 0 Å². The minimum absolute atomic E-state index is 1.09. The molecule has 12 heavy (non-hydrogen) atoms. The van der Waals surface area contributed by atoms with Gasteiger partial charge in [-0.25, -0.2) is 0 Å². The standard InChI is InChI=1S/C10H10.C2H6/c1-8-6-9-4-2-3-5-10(9)7-8;1-2/h2-5H,1,6-7H2;1-2H3. The molecule has 1 aromatic rings. The highest BCUT2D eigenvalue weighted by Gasteiger charge is 2.11. The summed E-state index contributed by atoms with van der Waals surface area (Å²) in [6.45, 7) is 7.97. The smallest absolute Gasteiger partial charge is 0.00636 e. The molecule has 1 aromatic carbocycles. The Hall–Kier alpha value is -1.04. The van der Waals surface area contributed by atoms with Crippen LogP contribution in [-0.2, 0) is 12.8 Å². The van der Waals surface area contributed by atoms with E-state index in [0.717, 1.165) is 12.8 Å². The Morgan fingerprint density at radius 3 is 1.83 bits per heavy atom. The van der Waals surface area contributed by atoms with Gasteiger partial charge >= 0.3 is 0 Å². The highest BCUT2D eigenvalue weighted by Crippen LogP contribution is 2.23. The van der Waals surface area contributed by atoms with E-state index in [1.54, 1.807) is 0 Å². The summed E-state index contributed by atoms with van der Waals surface area (Å²) in [6.07, 6.45) is 2.19. The van der Waals surface area contributed by atoms with Crippen molar-refractivity contribution in [3.05, 3.63) is 47.5 Å². The number of fused-ring (bicyclic) bond motifs is 1. The zero-order valence-corrected chi connectivity index (χ0v) is 7.93. The molecule has 1 aliphatic rings. The third-order valence-electron chi connectivity index (χ3n) is 2.00. The average molecular weight is 160 g/mol. The van der Waals surface area contributed by atoms with Gasteiger partial charge in [0, 0.05) is 0 Å². The largest absolute Gasteiger partial charge is 0.0992 e. The van der Waals surface area contributed by atoms with Gasteiger partial charge in [-0.05, 0) is 24.0 Å². The van der Waals surface area contributed by atoms with Crippen molar-refractivity contribution in [3.63, 3.8) is 0 Å². The van der Waals surface area contributed by atoms with Gasteiger partial charge in [-0.1, -0.05) is 50.3 Å². The fourth-order valence-electron chi connectivity index (χ4n) is 1.50. The number of allylic oxidation sites excluding steroid dienone is 1. The monoisotopic (exact) mass is 160 g/mol. The Kier molecular flexibility index (Phi) is 3.09. The Morgan fingerprint density at radius 2 is 1.42 bits per heavy atom. The van der Waals surface area contributed by atoms with E-state index in [1.807, 2.05) is 13.8 Å². The summed E-state index contributed by atoms with van der Waals surface area (Å²) in [4.78, 5) is 0. The van der Waals surface area contributed by atoms with E-state index >= 15 is 0 Å². The molecule has 64 valence electrons. The number of rotatable bonds is 0. The summed E-state index contributed by atoms with van der Waals surface area (Å²) < 4.78 is 0. The van der Waals surface area contributed by atoms with Crippen molar-refractivity contribution in [1.82, 2.24) is 0 Å². The first kappa shape index (κ1) is 9.05. The maximum atomic E-state index is 3.97. The molecule has 0 nitrogen and oxygen atoms in total. The van der Waals surface area contributed by atoms with Crippen molar-refractivity contribution >= 4 is 0 Å². The van der Waals surface area contributed by atoms with Gasteiger partial charge < -0.3 is 0 Å². The first-order chi connectivity index (χ1) is 5.86. The molecule has 0 spiro atoms.